The highest BCUT2D eigenvalue weighted by Crippen LogP contribution is 2.22. The molecule has 1 aromatic rings. The third kappa shape index (κ3) is 3.73. The molecule has 0 aliphatic heterocycles. The van der Waals surface area contributed by atoms with Crippen LogP contribution in [0.25, 0.3) is 0 Å². The Morgan fingerprint density at radius 1 is 1.53 bits per heavy atom. The Balaban J connectivity index is 2.87. The topological polar surface area (TPSA) is 20.3 Å². The highest BCUT2D eigenvalue weighted by Gasteiger charge is 2.13. The van der Waals surface area contributed by atoms with Crippen molar-refractivity contribution in [2.45, 2.75) is 19.4 Å². The van der Waals surface area contributed by atoms with Crippen LogP contribution in [0.1, 0.15) is 23.7 Å². The van der Waals surface area contributed by atoms with Crippen LogP contribution < -0.4 is 4.90 Å². The molecular formula is C13H18FNOS. The second-order valence-electron chi connectivity index (χ2n) is 4.06. The summed E-state index contributed by atoms with van der Waals surface area (Å²) in [5.74, 6) is 0.698. The standard InChI is InChI=1S/C13H18FNOS/c1-10(6-7-17-3)15(2)13-5-4-12(14)8-11(13)9-16/h4-5,8-10H,6-7H2,1-3H3. The Hall–Kier alpha value is -1.03. The molecule has 0 bridgehead atoms. The smallest absolute Gasteiger partial charge is 0.152 e. The molecule has 2 nitrogen and oxygen atoms in total. The monoisotopic (exact) mass is 255 g/mol. The van der Waals surface area contributed by atoms with Gasteiger partial charge in [-0.05, 0) is 43.6 Å². The lowest BCUT2D eigenvalue weighted by atomic mass is 10.1. The van der Waals surface area contributed by atoms with Crippen LogP contribution in [0.5, 0.6) is 0 Å². The van der Waals surface area contributed by atoms with E-state index in [0.29, 0.717) is 17.9 Å². The Morgan fingerprint density at radius 2 is 2.24 bits per heavy atom. The number of carbonyl (C=O) groups excluding carboxylic acids is 1. The van der Waals surface area contributed by atoms with E-state index in [9.17, 15) is 9.18 Å². The van der Waals surface area contributed by atoms with E-state index in [1.165, 1.54) is 12.1 Å². The van der Waals surface area contributed by atoms with E-state index in [1.54, 1.807) is 17.8 Å². The summed E-state index contributed by atoms with van der Waals surface area (Å²) < 4.78 is 13.0. The van der Waals surface area contributed by atoms with Crippen LogP contribution in [0.15, 0.2) is 18.2 Å². The number of aldehydes is 1. The summed E-state index contributed by atoms with van der Waals surface area (Å²) in [6.45, 7) is 2.11. The molecule has 0 heterocycles. The Labute approximate surface area is 106 Å². The zero-order valence-electron chi connectivity index (χ0n) is 10.4. The van der Waals surface area contributed by atoms with Crippen molar-refractivity contribution < 1.29 is 9.18 Å². The Kier molecular flexibility index (Phi) is 5.48. The van der Waals surface area contributed by atoms with Crippen molar-refractivity contribution in [2.75, 3.05) is 24.0 Å². The lowest BCUT2D eigenvalue weighted by Crippen LogP contribution is -2.30. The maximum atomic E-state index is 13.0. The predicted octanol–water partition coefficient (Wildman–Crippen LogP) is 3.22. The van der Waals surface area contributed by atoms with Crippen LogP contribution in [0.4, 0.5) is 10.1 Å². The largest absolute Gasteiger partial charge is 0.371 e. The molecule has 1 unspecified atom stereocenters. The van der Waals surface area contributed by atoms with E-state index < -0.39 is 0 Å². The maximum Gasteiger partial charge on any atom is 0.152 e. The van der Waals surface area contributed by atoms with Crippen molar-refractivity contribution in [3.63, 3.8) is 0 Å². The van der Waals surface area contributed by atoms with Crippen LogP contribution in [-0.2, 0) is 0 Å². The minimum Gasteiger partial charge on any atom is -0.371 e. The molecule has 1 atom stereocenters. The first kappa shape index (κ1) is 14.0. The van der Waals surface area contributed by atoms with Crippen LogP contribution in [-0.4, -0.2) is 31.4 Å². The van der Waals surface area contributed by atoms with Gasteiger partial charge in [-0.3, -0.25) is 4.79 Å². The molecule has 0 radical (unpaired) electrons. The summed E-state index contributed by atoms with van der Waals surface area (Å²) in [6.07, 6.45) is 3.81. The van der Waals surface area contributed by atoms with Crippen molar-refractivity contribution in [3.8, 4) is 0 Å². The normalized spacial score (nSPS) is 12.2. The van der Waals surface area contributed by atoms with E-state index in [-0.39, 0.29) is 5.82 Å². The molecule has 0 saturated carbocycles. The number of halogens is 1. The van der Waals surface area contributed by atoms with Crippen molar-refractivity contribution >= 4 is 23.7 Å². The second kappa shape index (κ2) is 6.64. The Bertz CT molecular complexity index is 384. The van der Waals surface area contributed by atoms with E-state index in [4.69, 9.17) is 0 Å². The van der Waals surface area contributed by atoms with Gasteiger partial charge in [-0.25, -0.2) is 4.39 Å². The fourth-order valence-electron chi connectivity index (χ4n) is 1.66. The van der Waals surface area contributed by atoms with Crippen LogP contribution in [0.2, 0.25) is 0 Å². The highest BCUT2D eigenvalue weighted by molar-refractivity contribution is 7.98. The number of carbonyl (C=O) groups is 1. The third-order valence-corrected chi connectivity index (χ3v) is 3.54. The first-order valence-electron chi connectivity index (χ1n) is 5.56. The SMILES string of the molecule is CSCCC(C)N(C)c1ccc(F)cc1C=O. The fraction of sp³-hybridized carbons (Fsp3) is 0.462. The zero-order chi connectivity index (χ0) is 12.8. The number of hydrogen-bond donors (Lipinski definition) is 0. The van der Waals surface area contributed by atoms with Crippen LogP contribution >= 0.6 is 11.8 Å². The van der Waals surface area contributed by atoms with Crippen molar-refractivity contribution in [1.29, 1.82) is 0 Å². The number of benzene rings is 1. The molecule has 0 saturated heterocycles. The van der Waals surface area contributed by atoms with E-state index in [1.807, 2.05) is 11.9 Å². The third-order valence-electron chi connectivity index (χ3n) is 2.90. The van der Waals surface area contributed by atoms with Gasteiger partial charge in [0.1, 0.15) is 5.82 Å². The first-order valence-corrected chi connectivity index (χ1v) is 6.96. The van der Waals surface area contributed by atoms with Gasteiger partial charge in [-0.1, -0.05) is 0 Å². The molecule has 0 aliphatic rings. The quantitative estimate of drug-likeness (QED) is 0.728. The number of thioether (sulfide) groups is 1. The minimum atomic E-state index is -0.374. The molecular weight excluding hydrogens is 237 g/mol. The van der Waals surface area contributed by atoms with Crippen LogP contribution in [0, 0.1) is 5.82 Å². The molecule has 17 heavy (non-hydrogen) atoms. The van der Waals surface area contributed by atoms with Gasteiger partial charge in [0.2, 0.25) is 0 Å². The van der Waals surface area contributed by atoms with E-state index in [0.717, 1.165) is 17.9 Å². The maximum absolute atomic E-state index is 13.0. The van der Waals surface area contributed by atoms with Gasteiger partial charge in [0.05, 0.1) is 0 Å². The molecule has 0 aliphatic carbocycles. The molecule has 0 spiro atoms. The van der Waals surface area contributed by atoms with E-state index >= 15 is 0 Å². The minimum absolute atomic E-state index is 0.326. The van der Waals surface area contributed by atoms with Gasteiger partial charge in [-0.15, -0.1) is 0 Å². The molecule has 94 valence electrons. The molecule has 0 aromatic heterocycles. The van der Waals surface area contributed by atoms with Crippen molar-refractivity contribution in [2.24, 2.45) is 0 Å². The van der Waals surface area contributed by atoms with Crippen molar-refractivity contribution in [3.05, 3.63) is 29.6 Å². The summed E-state index contributed by atoms with van der Waals surface area (Å²) >= 11 is 1.80. The fourth-order valence-corrected chi connectivity index (χ4v) is 2.24. The highest BCUT2D eigenvalue weighted by atomic mass is 32.2. The summed E-state index contributed by atoms with van der Waals surface area (Å²) in [6, 6.07) is 4.65. The number of rotatable bonds is 6. The second-order valence-corrected chi connectivity index (χ2v) is 5.05. The lowest BCUT2D eigenvalue weighted by molar-refractivity contribution is 0.112. The lowest BCUT2D eigenvalue weighted by Gasteiger charge is -2.28. The first-order chi connectivity index (χ1) is 8.10. The summed E-state index contributed by atoms with van der Waals surface area (Å²) in [4.78, 5) is 13.0. The number of anilines is 1. The van der Waals surface area contributed by atoms with Gasteiger partial charge in [0, 0.05) is 24.3 Å². The van der Waals surface area contributed by atoms with Crippen molar-refractivity contribution in [1.82, 2.24) is 0 Å². The van der Waals surface area contributed by atoms with Gasteiger partial charge in [0.15, 0.2) is 6.29 Å². The average Bonchev–Trinajstić information content (AvgIpc) is 2.34. The van der Waals surface area contributed by atoms with E-state index in [2.05, 4.69) is 13.2 Å². The molecule has 0 fully saturated rings. The zero-order valence-corrected chi connectivity index (χ0v) is 11.3. The molecule has 0 N–H and O–H groups in total. The molecule has 0 amide bonds. The van der Waals surface area contributed by atoms with Crippen LogP contribution in [0.3, 0.4) is 0 Å². The molecule has 4 heteroatoms. The summed E-state index contributed by atoms with van der Waals surface area (Å²) in [7, 11) is 1.94. The predicted molar refractivity (Wildman–Crippen MR) is 72.7 cm³/mol. The van der Waals surface area contributed by atoms with Gasteiger partial charge in [-0.2, -0.15) is 11.8 Å². The molecule has 1 aromatic carbocycles. The van der Waals surface area contributed by atoms with Gasteiger partial charge in [0.25, 0.3) is 0 Å². The number of hydrogen-bond acceptors (Lipinski definition) is 3. The summed E-state index contributed by atoms with van der Waals surface area (Å²) in [5, 5.41) is 0. The van der Waals surface area contributed by atoms with Gasteiger partial charge < -0.3 is 4.90 Å². The summed E-state index contributed by atoms with van der Waals surface area (Å²) in [5.41, 5.74) is 1.19. The molecule has 1 rings (SSSR count). The average molecular weight is 255 g/mol. The van der Waals surface area contributed by atoms with Gasteiger partial charge >= 0.3 is 0 Å². The number of nitrogens with zero attached hydrogens (tertiary/aromatic N) is 1. The Morgan fingerprint density at radius 3 is 2.82 bits per heavy atom.